The first kappa shape index (κ1) is 30.2. The van der Waals surface area contributed by atoms with Gasteiger partial charge in [-0.2, -0.15) is 0 Å². The summed E-state index contributed by atoms with van der Waals surface area (Å²) >= 11 is 0. The Hall–Kier alpha value is -3.78. The summed E-state index contributed by atoms with van der Waals surface area (Å²) in [6.45, 7) is 19.6. The van der Waals surface area contributed by atoms with Crippen molar-refractivity contribution in [3.05, 3.63) is 77.1 Å². The maximum Gasteiger partial charge on any atom is 0.286 e. The number of hydrogen-bond acceptors (Lipinski definition) is 7. The summed E-state index contributed by atoms with van der Waals surface area (Å²) < 4.78 is 12.8. The summed E-state index contributed by atoms with van der Waals surface area (Å²) in [6, 6.07) is 16.6. The van der Waals surface area contributed by atoms with Gasteiger partial charge in [0.1, 0.15) is 22.7 Å². The molecule has 3 aromatic rings. The van der Waals surface area contributed by atoms with E-state index in [1.807, 2.05) is 32.9 Å². The van der Waals surface area contributed by atoms with Crippen LogP contribution in [0.2, 0.25) is 0 Å². The van der Waals surface area contributed by atoms with E-state index in [-0.39, 0.29) is 5.91 Å². The van der Waals surface area contributed by atoms with Crippen molar-refractivity contribution in [1.29, 1.82) is 0 Å². The van der Waals surface area contributed by atoms with Gasteiger partial charge in [-0.25, -0.2) is 5.43 Å². The van der Waals surface area contributed by atoms with E-state index in [1.165, 1.54) is 0 Å². The van der Waals surface area contributed by atoms with Crippen molar-refractivity contribution in [3.8, 4) is 11.5 Å². The first-order valence-corrected chi connectivity index (χ1v) is 15.0. The van der Waals surface area contributed by atoms with E-state index in [1.54, 1.807) is 11.2 Å². The van der Waals surface area contributed by atoms with Crippen LogP contribution in [0.5, 0.6) is 11.5 Å². The minimum Gasteiger partial charge on any atom is -0.493 e. The number of pyridine rings is 1. The van der Waals surface area contributed by atoms with Crippen LogP contribution in [0.4, 0.5) is 11.4 Å². The highest BCUT2D eigenvalue weighted by Crippen LogP contribution is 2.49. The van der Waals surface area contributed by atoms with Crippen LogP contribution in [0, 0.1) is 0 Å². The lowest BCUT2D eigenvalue weighted by Gasteiger charge is -2.45. The molecule has 4 rings (SSSR count). The lowest BCUT2D eigenvalue weighted by molar-refractivity contribution is 0.0536. The molecule has 0 saturated heterocycles. The first-order chi connectivity index (χ1) is 19.9. The summed E-state index contributed by atoms with van der Waals surface area (Å²) in [7, 11) is 0. The fourth-order valence-corrected chi connectivity index (χ4v) is 5.86. The highest BCUT2D eigenvalue weighted by molar-refractivity contribution is 5.96. The number of hydrazine groups is 1. The number of rotatable bonds is 13. The van der Waals surface area contributed by atoms with Crippen molar-refractivity contribution in [2.24, 2.45) is 0 Å². The lowest BCUT2D eigenvalue weighted by Crippen LogP contribution is -2.60. The van der Waals surface area contributed by atoms with Gasteiger partial charge in [0.25, 0.3) is 5.91 Å². The minimum atomic E-state index is -1.01. The molecule has 0 unspecified atom stereocenters. The third kappa shape index (κ3) is 5.45. The fraction of sp³-hybridized carbons (Fsp3) is 0.455. The molecular weight excluding hydrogens is 514 g/mol. The Morgan fingerprint density at radius 1 is 0.756 bits per heavy atom. The van der Waals surface area contributed by atoms with Gasteiger partial charge in [-0.1, -0.05) is 18.2 Å². The van der Waals surface area contributed by atoms with Crippen LogP contribution in [0.15, 0.2) is 54.7 Å². The zero-order chi connectivity index (χ0) is 29.6. The number of hydrogen-bond donors (Lipinski definition) is 1. The Balaban J connectivity index is 2.12. The molecule has 0 bridgehead atoms. The third-order valence-corrected chi connectivity index (χ3v) is 7.87. The van der Waals surface area contributed by atoms with Crippen molar-refractivity contribution in [2.45, 2.75) is 54.0 Å². The Labute approximate surface area is 245 Å². The number of nitrogens with one attached hydrogen (secondary N) is 1. The molecule has 2 heterocycles. The Bertz CT molecular complexity index is 1270. The smallest absolute Gasteiger partial charge is 0.286 e. The fourth-order valence-electron chi connectivity index (χ4n) is 5.86. The Kier molecular flexibility index (Phi) is 9.76. The maximum atomic E-state index is 13.6. The topological polar surface area (TPSA) is 70.2 Å². The van der Waals surface area contributed by atoms with Crippen LogP contribution >= 0.6 is 0 Å². The van der Waals surface area contributed by atoms with E-state index in [0.29, 0.717) is 25.5 Å². The van der Waals surface area contributed by atoms with Crippen LogP contribution in [0.1, 0.15) is 75.6 Å². The molecule has 0 radical (unpaired) electrons. The van der Waals surface area contributed by atoms with Gasteiger partial charge in [0.05, 0.1) is 13.2 Å². The molecule has 1 amide bonds. The molecule has 8 heteroatoms. The van der Waals surface area contributed by atoms with E-state index in [2.05, 4.69) is 84.3 Å². The zero-order valence-corrected chi connectivity index (χ0v) is 25.7. The van der Waals surface area contributed by atoms with Crippen LogP contribution in [0.3, 0.4) is 0 Å². The first-order valence-electron chi connectivity index (χ1n) is 15.0. The van der Waals surface area contributed by atoms with Crippen molar-refractivity contribution in [3.63, 3.8) is 0 Å². The van der Waals surface area contributed by atoms with Crippen LogP contribution in [-0.4, -0.2) is 61.8 Å². The van der Waals surface area contributed by atoms with E-state index >= 15 is 0 Å². The summed E-state index contributed by atoms with van der Waals surface area (Å²) in [5.41, 5.74) is 7.80. The monoisotopic (exact) mass is 559 g/mol. The lowest BCUT2D eigenvalue weighted by atomic mass is 9.74. The molecule has 1 aliphatic heterocycles. The second-order valence-corrected chi connectivity index (χ2v) is 9.88. The third-order valence-electron chi connectivity index (χ3n) is 7.87. The van der Waals surface area contributed by atoms with Gasteiger partial charge in [0.2, 0.25) is 0 Å². The summed E-state index contributed by atoms with van der Waals surface area (Å²) in [5.74, 6) is 1.34. The molecule has 0 atom stereocenters. The Morgan fingerprint density at radius 2 is 1.27 bits per heavy atom. The van der Waals surface area contributed by atoms with Crippen LogP contribution in [0.25, 0.3) is 0 Å². The molecule has 0 spiro atoms. The van der Waals surface area contributed by atoms with Crippen LogP contribution in [-0.2, 0) is 5.54 Å². The molecule has 1 aromatic heterocycles. The normalized spacial score (nSPS) is 14.0. The van der Waals surface area contributed by atoms with Gasteiger partial charge in [0, 0.05) is 79.1 Å². The van der Waals surface area contributed by atoms with E-state index < -0.39 is 5.54 Å². The zero-order valence-electron chi connectivity index (χ0n) is 25.7. The highest BCUT2D eigenvalue weighted by Gasteiger charge is 2.49. The van der Waals surface area contributed by atoms with Gasteiger partial charge in [-0.15, -0.1) is 0 Å². The number of carbonyl (C=O) groups excluding carboxylic acids is 1. The second-order valence-electron chi connectivity index (χ2n) is 9.88. The van der Waals surface area contributed by atoms with Crippen LogP contribution < -0.4 is 24.7 Å². The number of ether oxygens (including phenoxy) is 2. The molecule has 0 aliphatic carbocycles. The molecule has 8 nitrogen and oxygen atoms in total. The van der Waals surface area contributed by atoms with Gasteiger partial charge >= 0.3 is 0 Å². The number of amides is 1. The van der Waals surface area contributed by atoms with Crippen molar-refractivity contribution < 1.29 is 14.3 Å². The average Bonchev–Trinajstić information content (AvgIpc) is 3.00. The number of fused-ring (bicyclic) bond motifs is 1. The summed E-state index contributed by atoms with van der Waals surface area (Å²) in [6.07, 6.45) is 1.68. The molecular formula is C33H45N5O3. The molecule has 1 N–H and O–H groups in total. The second kappa shape index (κ2) is 13.3. The standard InChI is InChI=1S/C33H45N5O3/c1-8-36(9-2)24-17-19-26(29(22-24)40-13-6)33(28-16-15-21-34-31(28)32(39)38(12-5)35-33)27-20-18-25(37(10-3)11-4)23-30(27)41-14-7/h15-23,35H,8-14H2,1-7H3. The molecule has 0 fully saturated rings. The summed E-state index contributed by atoms with van der Waals surface area (Å²) in [4.78, 5) is 22.8. The molecule has 220 valence electrons. The van der Waals surface area contributed by atoms with Crippen molar-refractivity contribution in [1.82, 2.24) is 15.4 Å². The predicted molar refractivity (Wildman–Crippen MR) is 166 cm³/mol. The van der Waals surface area contributed by atoms with Crippen molar-refractivity contribution in [2.75, 3.05) is 55.7 Å². The number of benzene rings is 2. The van der Waals surface area contributed by atoms with Crippen molar-refractivity contribution >= 4 is 17.3 Å². The maximum absolute atomic E-state index is 13.6. The molecule has 0 saturated carbocycles. The van der Waals surface area contributed by atoms with E-state index in [9.17, 15) is 4.79 Å². The van der Waals surface area contributed by atoms with E-state index in [0.717, 1.165) is 65.7 Å². The van der Waals surface area contributed by atoms with Gasteiger partial charge in [-0.3, -0.25) is 14.8 Å². The largest absolute Gasteiger partial charge is 0.493 e. The number of carbonyl (C=O) groups is 1. The van der Waals surface area contributed by atoms with Gasteiger partial charge < -0.3 is 19.3 Å². The SMILES string of the molecule is CCOc1cc(N(CC)CC)ccc1C1(c2ccc(N(CC)CC)cc2OCC)NN(CC)C(=O)c2ncccc21. The number of aromatic nitrogens is 1. The van der Waals surface area contributed by atoms with E-state index in [4.69, 9.17) is 9.47 Å². The number of anilines is 2. The average molecular weight is 560 g/mol. The highest BCUT2D eigenvalue weighted by atomic mass is 16.5. The Morgan fingerprint density at radius 3 is 1.71 bits per heavy atom. The summed E-state index contributed by atoms with van der Waals surface area (Å²) in [5, 5.41) is 1.65. The van der Waals surface area contributed by atoms with Gasteiger partial charge in [-0.05, 0) is 66.7 Å². The van der Waals surface area contributed by atoms with Gasteiger partial charge in [0.15, 0.2) is 0 Å². The minimum absolute atomic E-state index is 0.158. The number of nitrogens with zero attached hydrogens (tertiary/aromatic N) is 4. The molecule has 2 aromatic carbocycles. The molecule has 41 heavy (non-hydrogen) atoms. The predicted octanol–water partition coefficient (Wildman–Crippen LogP) is 5.84. The quantitative estimate of drug-likeness (QED) is 0.282. The molecule has 1 aliphatic rings.